The molecule has 0 bridgehead atoms. The Morgan fingerprint density at radius 2 is 1.76 bits per heavy atom. The van der Waals surface area contributed by atoms with Crippen LogP contribution in [0.3, 0.4) is 0 Å². The van der Waals surface area contributed by atoms with Crippen LogP contribution in [0.2, 0.25) is 0 Å². The average Bonchev–Trinajstić information content (AvgIpc) is 3.03. The second-order valence-corrected chi connectivity index (χ2v) is 10.6. The fourth-order valence-corrected chi connectivity index (χ4v) is 5.48. The van der Waals surface area contributed by atoms with Gasteiger partial charge in [0, 0.05) is 66.2 Å². The first-order chi connectivity index (χ1) is 20.6. The number of hydrogen-bond donors (Lipinski definition) is 2. The fourth-order valence-electron chi connectivity index (χ4n) is 5.48. The van der Waals surface area contributed by atoms with E-state index < -0.39 is 5.82 Å². The number of nitrogens with zero attached hydrogens (tertiary/aromatic N) is 4. The van der Waals surface area contributed by atoms with E-state index in [1.165, 1.54) is 31.4 Å². The van der Waals surface area contributed by atoms with Gasteiger partial charge in [0.1, 0.15) is 11.6 Å². The molecule has 0 unspecified atom stereocenters. The number of benzene rings is 3. The van der Waals surface area contributed by atoms with Crippen LogP contribution in [0.4, 0.5) is 21.7 Å². The molecule has 42 heavy (non-hydrogen) atoms. The van der Waals surface area contributed by atoms with Crippen LogP contribution >= 0.6 is 0 Å². The van der Waals surface area contributed by atoms with E-state index in [0.717, 1.165) is 37.0 Å². The number of amides is 1. The third-order valence-corrected chi connectivity index (χ3v) is 7.66. The SMILES string of the molecule is O=C(Nc1ccc(Oc2ccnc(NCCN3CCCCC3)n2)c2ccccc12)c1cc(F)cc(N2CCOCC2)c1. The van der Waals surface area contributed by atoms with Crippen LogP contribution in [0.5, 0.6) is 11.6 Å². The number of halogens is 1. The number of hydrogen-bond acceptors (Lipinski definition) is 8. The van der Waals surface area contributed by atoms with Crippen LogP contribution in [0.25, 0.3) is 10.8 Å². The molecule has 6 rings (SSSR count). The van der Waals surface area contributed by atoms with Crippen molar-refractivity contribution in [2.45, 2.75) is 19.3 Å². The molecule has 0 saturated carbocycles. The standard InChI is InChI=1S/C32H35FN6O3/c33-24-20-23(21-25(22-24)39-16-18-41-19-17-39)31(40)36-28-8-9-29(27-7-3-2-6-26(27)28)42-30-10-11-34-32(37-30)35-12-15-38-13-4-1-5-14-38/h2-3,6-11,20-22H,1,4-5,12-19H2,(H,36,40)(H,34,35,37). The first-order valence-electron chi connectivity index (χ1n) is 14.6. The number of rotatable bonds is 9. The fraction of sp³-hybridized carbons (Fsp3) is 0.344. The number of morpholine rings is 1. The summed E-state index contributed by atoms with van der Waals surface area (Å²) >= 11 is 0. The minimum absolute atomic E-state index is 0.252. The highest BCUT2D eigenvalue weighted by atomic mass is 19.1. The Hall–Kier alpha value is -4.28. The summed E-state index contributed by atoms with van der Waals surface area (Å²) in [4.78, 5) is 26.6. The van der Waals surface area contributed by atoms with E-state index in [1.807, 2.05) is 29.2 Å². The molecule has 3 heterocycles. The van der Waals surface area contributed by atoms with Gasteiger partial charge in [0.15, 0.2) is 0 Å². The molecule has 2 saturated heterocycles. The lowest BCUT2D eigenvalue weighted by atomic mass is 10.1. The summed E-state index contributed by atoms with van der Waals surface area (Å²) in [6.07, 6.45) is 5.51. The predicted octanol–water partition coefficient (Wildman–Crippen LogP) is 5.55. The highest BCUT2D eigenvalue weighted by Gasteiger charge is 2.17. The second kappa shape index (κ2) is 13.1. The lowest BCUT2D eigenvalue weighted by Crippen LogP contribution is -2.36. The molecule has 0 radical (unpaired) electrons. The van der Waals surface area contributed by atoms with Crippen LogP contribution in [-0.2, 0) is 4.74 Å². The molecule has 9 nitrogen and oxygen atoms in total. The van der Waals surface area contributed by atoms with Crippen LogP contribution in [0, 0.1) is 5.82 Å². The zero-order valence-corrected chi connectivity index (χ0v) is 23.5. The molecular weight excluding hydrogens is 535 g/mol. The van der Waals surface area contributed by atoms with E-state index in [-0.39, 0.29) is 11.5 Å². The van der Waals surface area contributed by atoms with Crippen molar-refractivity contribution in [2.75, 3.05) is 68.0 Å². The molecule has 1 aromatic heterocycles. The minimum atomic E-state index is -0.456. The molecule has 10 heteroatoms. The molecule has 2 fully saturated rings. The number of fused-ring (bicyclic) bond motifs is 1. The average molecular weight is 571 g/mol. The molecular formula is C32H35FN6O3. The van der Waals surface area contributed by atoms with Crippen molar-refractivity contribution in [1.82, 2.24) is 14.9 Å². The summed E-state index contributed by atoms with van der Waals surface area (Å²) in [5.41, 5.74) is 1.52. The molecule has 4 aromatic rings. The van der Waals surface area contributed by atoms with E-state index in [4.69, 9.17) is 9.47 Å². The molecule has 218 valence electrons. The van der Waals surface area contributed by atoms with E-state index in [9.17, 15) is 9.18 Å². The highest BCUT2D eigenvalue weighted by Crippen LogP contribution is 2.34. The van der Waals surface area contributed by atoms with Crippen LogP contribution < -0.4 is 20.3 Å². The summed E-state index contributed by atoms with van der Waals surface area (Å²) in [6.45, 7) is 6.46. The lowest BCUT2D eigenvalue weighted by Gasteiger charge is -2.29. The topological polar surface area (TPSA) is 91.8 Å². The van der Waals surface area contributed by atoms with Gasteiger partial charge in [0.25, 0.3) is 5.91 Å². The number of aromatic nitrogens is 2. The van der Waals surface area contributed by atoms with Gasteiger partial charge < -0.3 is 29.9 Å². The second-order valence-electron chi connectivity index (χ2n) is 10.6. The number of carbonyl (C=O) groups is 1. The first-order valence-corrected chi connectivity index (χ1v) is 14.6. The smallest absolute Gasteiger partial charge is 0.255 e. The van der Waals surface area contributed by atoms with Crippen molar-refractivity contribution >= 4 is 34.0 Å². The maximum Gasteiger partial charge on any atom is 0.255 e. The molecule has 2 aliphatic heterocycles. The van der Waals surface area contributed by atoms with Gasteiger partial charge in [-0.2, -0.15) is 4.98 Å². The summed E-state index contributed by atoms with van der Waals surface area (Å²) in [7, 11) is 0. The number of piperidine rings is 1. The van der Waals surface area contributed by atoms with Crippen LogP contribution in [0.15, 0.2) is 66.9 Å². The third-order valence-electron chi connectivity index (χ3n) is 7.66. The Morgan fingerprint density at radius 3 is 2.60 bits per heavy atom. The number of likely N-dealkylation sites (tertiary alicyclic amines) is 1. The monoisotopic (exact) mass is 570 g/mol. The number of anilines is 3. The molecule has 3 aromatic carbocycles. The van der Waals surface area contributed by atoms with Crippen molar-refractivity contribution in [2.24, 2.45) is 0 Å². The Balaban J connectivity index is 1.16. The van der Waals surface area contributed by atoms with E-state index in [1.54, 1.807) is 30.5 Å². The third kappa shape index (κ3) is 6.78. The largest absolute Gasteiger partial charge is 0.438 e. The molecule has 0 atom stereocenters. The first kappa shape index (κ1) is 27.9. The summed E-state index contributed by atoms with van der Waals surface area (Å²) in [5.74, 6) is 0.691. The van der Waals surface area contributed by atoms with Gasteiger partial charge in [-0.05, 0) is 56.3 Å². The van der Waals surface area contributed by atoms with Crippen LogP contribution in [0.1, 0.15) is 29.6 Å². The maximum atomic E-state index is 14.5. The van der Waals surface area contributed by atoms with E-state index in [2.05, 4.69) is 25.5 Å². The van der Waals surface area contributed by atoms with Crippen molar-refractivity contribution in [1.29, 1.82) is 0 Å². The molecule has 1 amide bonds. The van der Waals surface area contributed by atoms with E-state index in [0.29, 0.717) is 55.3 Å². The zero-order valence-electron chi connectivity index (χ0n) is 23.5. The van der Waals surface area contributed by atoms with Crippen molar-refractivity contribution in [3.8, 4) is 11.6 Å². The summed E-state index contributed by atoms with van der Waals surface area (Å²) in [6, 6.07) is 17.4. The maximum absolute atomic E-state index is 14.5. The molecule has 0 spiro atoms. The highest BCUT2D eigenvalue weighted by molar-refractivity contribution is 6.10. The predicted molar refractivity (Wildman–Crippen MR) is 162 cm³/mol. The Kier molecular flexibility index (Phi) is 8.72. The van der Waals surface area contributed by atoms with Gasteiger partial charge in [0.05, 0.1) is 13.2 Å². The molecule has 2 N–H and O–H groups in total. The molecule has 2 aliphatic rings. The van der Waals surface area contributed by atoms with E-state index >= 15 is 0 Å². The number of ether oxygens (including phenoxy) is 2. The Labute approximate surface area is 244 Å². The van der Waals surface area contributed by atoms with Gasteiger partial charge in [-0.1, -0.05) is 30.7 Å². The van der Waals surface area contributed by atoms with Gasteiger partial charge in [0.2, 0.25) is 11.8 Å². The summed E-state index contributed by atoms with van der Waals surface area (Å²) in [5, 5.41) is 7.87. The quantitative estimate of drug-likeness (QED) is 0.271. The van der Waals surface area contributed by atoms with Crippen molar-refractivity contribution in [3.05, 3.63) is 78.2 Å². The number of nitrogens with one attached hydrogen (secondary N) is 2. The van der Waals surface area contributed by atoms with Gasteiger partial charge in [-0.25, -0.2) is 9.37 Å². The lowest BCUT2D eigenvalue weighted by molar-refractivity contribution is 0.102. The van der Waals surface area contributed by atoms with Gasteiger partial charge >= 0.3 is 0 Å². The van der Waals surface area contributed by atoms with Gasteiger partial charge in [-0.15, -0.1) is 0 Å². The Bertz CT molecular complexity index is 1540. The van der Waals surface area contributed by atoms with Crippen LogP contribution in [-0.4, -0.2) is 73.3 Å². The normalized spacial score (nSPS) is 15.9. The zero-order chi connectivity index (χ0) is 28.7. The number of carbonyl (C=O) groups excluding carboxylic acids is 1. The van der Waals surface area contributed by atoms with Gasteiger partial charge in [-0.3, -0.25) is 4.79 Å². The summed E-state index contributed by atoms with van der Waals surface area (Å²) < 4.78 is 26.1. The van der Waals surface area contributed by atoms with Crippen molar-refractivity contribution < 1.29 is 18.7 Å². The molecule has 0 aliphatic carbocycles. The Morgan fingerprint density at radius 1 is 0.952 bits per heavy atom. The minimum Gasteiger partial charge on any atom is -0.438 e. The van der Waals surface area contributed by atoms with Crippen molar-refractivity contribution in [3.63, 3.8) is 0 Å².